The molecule has 2 aromatic rings. The second-order valence-electron chi connectivity index (χ2n) is 4.01. The number of para-hydroxylation sites is 1. The summed E-state index contributed by atoms with van der Waals surface area (Å²) in [6, 6.07) is 18.0. The Balaban J connectivity index is 1.91. The summed E-state index contributed by atoms with van der Waals surface area (Å²) < 4.78 is 0. The molecule has 0 amide bonds. The number of benzene rings is 2. The Kier molecular flexibility index (Phi) is 4.56. The molecule has 2 nitrogen and oxygen atoms in total. The van der Waals surface area contributed by atoms with Crippen molar-refractivity contribution in [2.75, 3.05) is 11.9 Å². The minimum absolute atomic E-state index is 0.0611. The number of rotatable bonds is 5. The highest BCUT2D eigenvalue weighted by atomic mass is 16.3. The molecule has 0 unspecified atom stereocenters. The molecule has 0 spiro atoms. The van der Waals surface area contributed by atoms with E-state index in [1.807, 2.05) is 42.5 Å². The van der Waals surface area contributed by atoms with Crippen LogP contribution in [0.5, 0.6) is 0 Å². The molecule has 0 aliphatic carbocycles. The minimum atomic E-state index is 0.0611. The predicted molar refractivity (Wildman–Crippen MR) is 76.3 cm³/mol. The fourth-order valence-corrected chi connectivity index (χ4v) is 1.76. The summed E-state index contributed by atoms with van der Waals surface area (Å²) in [6.07, 6.45) is 4.15. The molecule has 0 aliphatic heterocycles. The quantitative estimate of drug-likeness (QED) is 0.839. The maximum absolute atomic E-state index is 9.19. The summed E-state index contributed by atoms with van der Waals surface area (Å²) in [6.45, 7) is 0.803. The van der Waals surface area contributed by atoms with Crippen LogP contribution >= 0.6 is 0 Å². The number of anilines is 1. The van der Waals surface area contributed by atoms with Crippen molar-refractivity contribution in [2.45, 2.75) is 6.61 Å². The zero-order valence-electron chi connectivity index (χ0n) is 10.2. The van der Waals surface area contributed by atoms with Crippen molar-refractivity contribution >= 4 is 11.8 Å². The van der Waals surface area contributed by atoms with Crippen molar-refractivity contribution in [3.05, 3.63) is 71.8 Å². The Morgan fingerprint density at radius 3 is 2.44 bits per heavy atom. The first-order valence-corrected chi connectivity index (χ1v) is 6.04. The van der Waals surface area contributed by atoms with E-state index >= 15 is 0 Å². The number of nitrogens with one attached hydrogen (secondary N) is 1. The third-order valence-electron chi connectivity index (χ3n) is 2.71. The van der Waals surface area contributed by atoms with E-state index in [1.165, 1.54) is 5.56 Å². The first-order valence-electron chi connectivity index (χ1n) is 6.04. The van der Waals surface area contributed by atoms with Crippen molar-refractivity contribution in [3.8, 4) is 0 Å². The van der Waals surface area contributed by atoms with Gasteiger partial charge in [-0.1, -0.05) is 60.7 Å². The molecule has 0 atom stereocenters. The van der Waals surface area contributed by atoms with Gasteiger partial charge in [-0.25, -0.2) is 0 Å². The molecule has 2 aromatic carbocycles. The van der Waals surface area contributed by atoms with Crippen molar-refractivity contribution in [1.29, 1.82) is 0 Å². The molecule has 2 rings (SSSR count). The Bertz CT molecular complexity index is 506. The summed E-state index contributed by atoms with van der Waals surface area (Å²) in [4.78, 5) is 0. The third kappa shape index (κ3) is 3.47. The van der Waals surface area contributed by atoms with Crippen LogP contribution in [0.2, 0.25) is 0 Å². The molecule has 0 bridgehead atoms. The summed E-state index contributed by atoms with van der Waals surface area (Å²) in [5.74, 6) is 0. The SMILES string of the molecule is OCc1ccccc1NC/C=C/c1ccccc1. The van der Waals surface area contributed by atoms with Gasteiger partial charge in [0.05, 0.1) is 6.61 Å². The zero-order valence-corrected chi connectivity index (χ0v) is 10.2. The molecule has 0 radical (unpaired) electrons. The van der Waals surface area contributed by atoms with Crippen molar-refractivity contribution in [1.82, 2.24) is 0 Å². The smallest absolute Gasteiger partial charge is 0.0701 e. The van der Waals surface area contributed by atoms with E-state index in [-0.39, 0.29) is 6.61 Å². The van der Waals surface area contributed by atoms with Crippen LogP contribution < -0.4 is 5.32 Å². The molecule has 0 aromatic heterocycles. The van der Waals surface area contributed by atoms with Crippen molar-refractivity contribution in [3.63, 3.8) is 0 Å². The van der Waals surface area contributed by atoms with E-state index in [1.54, 1.807) is 0 Å². The van der Waals surface area contributed by atoms with Gasteiger partial charge in [0.25, 0.3) is 0 Å². The van der Waals surface area contributed by atoms with E-state index in [0.29, 0.717) is 0 Å². The standard InChI is InChI=1S/C16H17NO/c18-13-15-10-4-5-11-16(15)17-12-6-9-14-7-2-1-3-8-14/h1-11,17-18H,12-13H2/b9-6+. The predicted octanol–water partition coefficient (Wildman–Crippen LogP) is 3.30. The fraction of sp³-hybridized carbons (Fsp3) is 0.125. The van der Waals surface area contributed by atoms with Gasteiger partial charge >= 0.3 is 0 Å². The number of hydrogen-bond donors (Lipinski definition) is 2. The van der Waals surface area contributed by atoms with Crippen LogP contribution in [-0.2, 0) is 6.61 Å². The number of hydrogen-bond acceptors (Lipinski definition) is 2. The monoisotopic (exact) mass is 239 g/mol. The van der Waals surface area contributed by atoms with Gasteiger partial charge in [0.15, 0.2) is 0 Å². The molecular formula is C16H17NO. The average molecular weight is 239 g/mol. The largest absolute Gasteiger partial charge is 0.392 e. The molecule has 0 fully saturated rings. The Hall–Kier alpha value is -2.06. The lowest BCUT2D eigenvalue weighted by Gasteiger charge is -2.07. The maximum Gasteiger partial charge on any atom is 0.0701 e. The molecule has 0 aliphatic rings. The first kappa shape index (κ1) is 12.4. The summed E-state index contributed by atoms with van der Waals surface area (Å²) in [5, 5.41) is 12.5. The van der Waals surface area contributed by atoms with Crippen LogP contribution in [0.1, 0.15) is 11.1 Å². The number of aliphatic hydroxyl groups is 1. The van der Waals surface area contributed by atoms with E-state index < -0.39 is 0 Å². The van der Waals surface area contributed by atoms with E-state index in [9.17, 15) is 5.11 Å². The second kappa shape index (κ2) is 6.62. The van der Waals surface area contributed by atoms with Crippen molar-refractivity contribution < 1.29 is 5.11 Å². The van der Waals surface area contributed by atoms with Gasteiger partial charge in [-0.15, -0.1) is 0 Å². The van der Waals surface area contributed by atoms with Gasteiger partial charge in [-0.2, -0.15) is 0 Å². The van der Waals surface area contributed by atoms with Crippen LogP contribution in [0.15, 0.2) is 60.7 Å². The van der Waals surface area contributed by atoms with Gasteiger partial charge in [0.2, 0.25) is 0 Å². The molecule has 0 saturated heterocycles. The summed E-state index contributed by atoms with van der Waals surface area (Å²) in [5.41, 5.74) is 3.10. The molecule has 2 N–H and O–H groups in total. The van der Waals surface area contributed by atoms with Crippen LogP contribution in [0.25, 0.3) is 6.08 Å². The highest BCUT2D eigenvalue weighted by molar-refractivity contribution is 5.53. The van der Waals surface area contributed by atoms with Gasteiger partial charge in [0.1, 0.15) is 0 Å². The highest BCUT2D eigenvalue weighted by Gasteiger charge is 1.97. The van der Waals surface area contributed by atoms with Gasteiger partial charge in [-0.3, -0.25) is 0 Å². The average Bonchev–Trinajstić information content (AvgIpc) is 2.45. The van der Waals surface area contributed by atoms with E-state index in [4.69, 9.17) is 0 Å². The Labute approximate surface area is 108 Å². The van der Waals surface area contributed by atoms with Crippen LogP contribution in [0.4, 0.5) is 5.69 Å². The third-order valence-corrected chi connectivity index (χ3v) is 2.71. The lowest BCUT2D eigenvalue weighted by Crippen LogP contribution is -2.01. The Morgan fingerprint density at radius 1 is 0.944 bits per heavy atom. The molecule has 0 saturated carbocycles. The molecule has 18 heavy (non-hydrogen) atoms. The lowest BCUT2D eigenvalue weighted by molar-refractivity contribution is 0.282. The van der Waals surface area contributed by atoms with Crippen LogP contribution in [0.3, 0.4) is 0 Å². The van der Waals surface area contributed by atoms with Gasteiger partial charge in [-0.05, 0) is 11.6 Å². The van der Waals surface area contributed by atoms with Crippen molar-refractivity contribution in [2.24, 2.45) is 0 Å². The molecule has 92 valence electrons. The van der Waals surface area contributed by atoms with Crippen LogP contribution in [-0.4, -0.2) is 11.7 Å². The Morgan fingerprint density at radius 2 is 1.67 bits per heavy atom. The highest BCUT2D eigenvalue weighted by Crippen LogP contribution is 2.14. The molecule has 2 heteroatoms. The first-order chi connectivity index (χ1) is 8.90. The van der Waals surface area contributed by atoms with E-state index in [2.05, 4.69) is 29.6 Å². The van der Waals surface area contributed by atoms with Gasteiger partial charge < -0.3 is 10.4 Å². The zero-order chi connectivity index (χ0) is 12.6. The maximum atomic E-state index is 9.19. The van der Waals surface area contributed by atoms with E-state index in [0.717, 1.165) is 17.8 Å². The summed E-state index contributed by atoms with van der Waals surface area (Å²) in [7, 11) is 0. The normalized spacial score (nSPS) is 10.7. The minimum Gasteiger partial charge on any atom is -0.392 e. The summed E-state index contributed by atoms with van der Waals surface area (Å²) >= 11 is 0. The van der Waals surface area contributed by atoms with Gasteiger partial charge in [0, 0.05) is 17.8 Å². The number of aliphatic hydroxyl groups excluding tert-OH is 1. The molecule has 0 heterocycles. The topological polar surface area (TPSA) is 32.3 Å². The van der Waals surface area contributed by atoms with Crippen LogP contribution in [0, 0.1) is 0 Å². The fourth-order valence-electron chi connectivity index (χ4n) is 1.76. The second-order valence-corrected chi connectivity index (χ2v) is 4.01. The lowest BCUT2D eigenvalue weighted by atomic mass is 10.2. The molecular weight excluding hydrogens is 222 g/mol.